The SMILES string of the molecule is CC(CC(=O)O)CC(=O)N1CCC(N)CC1. The molecule has 16 heavy (non-hydrogen) atoms. The van der Waals surface area contributed by atoms with Crippen LogP contribution in [0.5, 0.6) is 0 Å². The van der Waals surface area contributed by atoms with Gasteiger partial charge in [-0.3, -0.25) is 9.59 Å². The van der Waals surface area contributed by atoms with Gasteiger partial charge < -0.3 is 15.7 Å². The highest BCUT2D eigenvalue weighted by atomic mass is 16.4. The lowest BCUT2D eigenvalue weighted by molar-refractivity contribution is -0.138. The van der Waals surface area contributed by atoms with E-state index in [2.05, 4.69) is 0 Å². The van der Waals surface area contributed by atoms with E-state index in [0.717, 1.165) is 12.8 Å². The number of rotatable bonds is 4. The fourth-order valence-electron chi connectivity index (χ4n) is 1.95. The molecular weight excluding hydrogens is 208 g/mol. The molecule has 5 nitrogen and oxygen atoms in total. The number of nitrogens with two attached hydrogens (primary N) is 1. The van der Waals surface area contributed by atoms with Crippen molar-refractivity contribution in [2.75, 3.05) is 13.1 Å². The van der Waals surface area contributed by atoms with Gasteiger partial charge in [0.05, 0.1) is 0 Å². The Morgan fingerprint density at radius 1 is 1.38 bits per heavy atom. The van der Waals surface area contributed by atoms with Crippen LogP contribution >= 0.6 is 0 Å². The van der Waals surface area contributed by atoms with Gasteiger partial charge in [0.15, 0.2) is 0 Å². The van der Waals surface area contributed by atoms with E-state index < -0.39 is 5.97 Å². The van der Waals surface area contributed by atoms with Crippen LogP contribution in [0.3, 0.4) is 0 Å². The first kappa shape index (κ1) is 13.0. The highest BCUT2D eigenvalue weighted by Gasteiger charge is 2.22. The zero-order valence-electron chi connectivity index (χ0n) is 9.69. The number of carboxylic acid groups (broad SMARTS) is 1. The Hall–Kier alpha value is -1.10. The summed E-state index contributed by atoms with van der Waals surface area (Å²) in [6.07, 6.45) is 2.07. The van der Waals surface area contributed by atoms with Crippen molar-refractivity contribution in [3.63, 3.8) is 0 Å². The predicted octanol–water partition coefficient (Wildman–Crippen LogP) is 0.437. The molecule has 1 unspecified atom stereocenters. The first-order valence-electron chi connectivity index (χ1n) is 5.74. The second-order valence-electron chi connectivity index (χ2n) is 4.63. The molecule has 0 aromatic heterocycles. The van der Waals surface area contributed by atoms with Gasteiger partial charge in [-0.25, -0.2) is 0 Å². The average molecular weight is 228 g/mol. The monoisotopic (exact) mass is 228 g/mol. The Morgan fingerprint density at radius 3 is 2.44 bits per heavy atom. The quantitative estimate of drug-likeness (QED) is 0.731. The van der Waals surface area contributed by atoms with E-state index in [1.54, 1.807) is 11.8 Å². The second-order valence-corrected chi connectivity index (χ2v) is 4.63. The number of piperidine rings is 1. The van der Waals surface area contributed by atoms with Gasteiger partial charge in [-0.05, 0) is 18.8 Å². The molecule has 1 aliphatic heterocycles. The van der Waals surface area contributed by atoms with Gasteiger partial charge in [-0.15, -0.1) is 0 Å². The third kappa shape index (κ3) is 4.18. The van der Waals surface area contributed by atoms with Crippen molar-refractivity contribution >= 4 is 11.9 Å². The largest absolute Gasteiger partial charge is 0.481 e. The molecular formula is C11H20N2O3. The molecule has 92 valence electrons. The van der Waals surface area contributed by atoms with E-state index >= 15 is 0 Å². The van der Waals surface area contributed by atoms with Crippen LogP contribution in [0, 0.1) is 5.92 Å². The topological polar surface area (TPSA) is 83.6 Å². The van der Waals surface area contributed by atoms with Gasteiger partial charge in [0, 0.05) is 32.0 Å². The third-order valence-electron chi connectivity index (χ3n) is 2.94. The molecule has 0 saturated carbocycles. The minimum atomic E-state index is -0.846. The van der Waals surface area contributed by atoms with E-state index in [1.165, 1.54) is 0 Å². The molecule has 1 aliphatic rings. The van der Waals surface area contributed by atoms with Crippen molar-refractivity contribution in [1.82, 2.24) is 4.90 Å². The summed E-state index contributed by atoms with van der Waals surface area (Å²) in [6, 6.07) is 0.209. The van der Waals surface area contributed by atoms with E-state index in [0.29, 0.717) is 19.5 Å². The van der Waals surface area contributed by atoms with Crippen LogP contribution in [-0.4, -0.2) is 41.0 Å². The molecule has 0 aromatic carbocycles. The standard InChI is InChI=1S/C11H20N2O3/c1-8(7-11(15)16)6-10(14)13-4-2-9(12)3-5-13/h8-9H,2-7,12H2,1H3,(H,15,16). The predicted molar refractivity (Wildman–Crippen MR) is 59.8 cm³/mol. The molecule has 0 aromatic rings. The van der Waals surface area contributed by atoms with Crippen molar-refractivity contribution in [3.8, 4) is 0 Å². The van der Waals surface area contributed by atoms with E-state index in [9.17, 15) is 9.59 Å². The first-order valence-corrected chi connectivity index (χ1v) is 5.74. The van der Waals surface area contributed by atoms with Gasteiger partial charge in [0.2, 0.25) is 5.91 Å². The molecule has 1 saturated heterocycles. The van der Waals surface area contributed by atoms with Gasteiger partial charge in [-0.1, -0.05) is 6.92 Å². The van der Waals surface area contributed by atoms with Crippen LogP contribution in [0.1, 0.15) is 32.6 Å². The summed E-state index contributed by atoms with van der Waals surface area (Å²) < 4.78 is 0. The lowest BCUT2D eigenvalue weighted by Crippen LogP contribution is -2.43. The second kappa shape index (κ2) is 5.84. The molecule has 5 heteroatoms. The lowest BCUT2D eigenvalue weighted by Gasteiger charge is -2.30. The maximum Gasteiger partial charge on any atom is 0.303 e. The highest BCUT2D eigenvalue weighted by molar-refractivity contribution is 5.77. The normalized spacial score (nSPS) is 19.5. The van der Waals surface area contributed by atoms with Crippen molar-refractivity contribution in [1.29, 1.82) is 0 Å². The maximum atomic E-state index is 11.8. The lowest BCUT2D eigenvalue weighted by atomic mass is 10.0. The van der Waals surface area contributed by atoms with Crippen molar-refractivity contribution < 1.29 is 14.7 Å². The number of hydrogen-bond donors (Lipinski definition) is 2. The van der Waals surface area contributed by atoms with Crippen LogP contribution in [0.15, 0.2) is 0 Å². The van der Waals surface area contributed by atoms with E-state index in [-0.39, 0.29) is 24.3 Å². The number of carbonyl (C=O) groups excluding carboxylic acids is 1. The Labute approximate surface area is 95.6 Å². The van der Waals surface area contributed by atoms with Gasteiger partial charge in [0.25, 0.3) is 0 Å². The smallest absolute Gasteiger partial charge is 0.303 e. The Kier molecular flexibility index (Phi) is 4.73. The molecule has 1 amide bonds. The molecule has 1 atom stereocenters. The average Bonchev–Trinajstić information content (AvgIpc) is 2.16. The van der Waals surface area contributed by atoms with Crippen LogP contribution in [0.25, 0.3) is 0 Å². The molecule has 1 fully saturated rings. The highest BCUT2D eigenvalue weighted by Crippen LogP contribution is 2.14. The number of hydrogen-bond acceptors (Lipinski definition) is 3. The number of carbonyl (C=O) groups is 2. The summed E-state index contributed by atoms with van der Waals surface area (Å²) in [5.74, 6) is -0.887. The molecule has 0 spiro atoms. The van der Waals surface area contributed by atoms with Crippen LogP contribution in [0.2, 0.25) is 0 Å². The fourth-order valence-corrected chi connectivity index (χ4v) is 1.95. The number of nitrogens with zero attached hydrogens (tertiary/aromatic N) is 1. The molecule has 1 rings (SSSR count). The molecule has 0 radical (unpaired) electrons. The Bertz CT molecular complexity index is 260. The minimum absolute atomic E-state index is 0.0547. The summed E-state index contributed by atoms with van der Waals surface area (Å²) in [5, 5.41) is 8.60. The zero-order chi connectivity index (χ0) is 12.1. The number of aliphatic carboxylic acids is 1. The Balaban J connectivity index is 2.32. The van der Waals surface area contributed by atoms with Gasteiger partial charge >= 0.3 is 5.97 Å². The van der Waals surface area contributed by atoms with Crippen molar-refractivity contribution in [2.45, 2.75) is 38.6 Å². The summed E-state index contributed by atoms with van der Waals surface area (Å²) in [7, 11) is 0. The summed E-state index contributed by atoms with van der Waals surface area (Å²) in [6.45, 7) is 3.21. The minimum Gasteiger partial charge on any atom is -0.481 e. The molecule has 0 aliphatic carbocycles. The first-order chi connectivity index (χ1) is 7.49. The number of carboxylic acids is 1. The zero-order valence-corrected chi connectivity index (χ0v) is 9.69. The third-order valence-corrected chi connectivity index (χ3v) is 2.94. The van der Waals surface area contributed by atoms with Gasteiger partial charge in [0.1, 0.15) is 0 Å². The molecule has 3 N–H and O–H groups in total. The number of amides is 1. The molecule has 1 heterocycles. The summed E-state index contributed by atoms with van der Waals surface area (Å²) in [4.78, 5) is 24.1. The summed E-state index contributed by atoms with van der Waals surface area (Å²) >= 11 is 0. The van der Waals surface area contributed by atoms with Crippen molar-refractivity contribution in [3.05, 3.63) is 0 Å². The van der Waals surface area contributed by atoms with Crippen LogP contribution in [-0.2, 0) is 9.59 Å². The molecule has 0 bridgehead atoms. The fraction of sp³-hybridized carbons (Fsp3) is 0.818. The van der Waals surface area contributed by atoms with Crippen LogP contribution < -0.4 is 5.73 Å². The van der Waals surface area contributed by atoms with Crippen molar-refractivity contribution in [2.24, 2.45) is 11.7 Å². The van der Waals surface area contributed by atoms with Gasteiger partial charge in [-0.2, -0.15) is 0 Å². The van der Waals surface area contributed by atoms with E-state index in [4.69, 9.17) is 10.8 Å². The number of likely N-dealkylation sites (tertiary alicyclic amines) is 1. The van der Waals surface area contributed by atoms with Crippen LogP contribution in [0.4, 0.5) is 0 Å². The van der Waals surface area contributed by atoms with E-state index in [1.807, 2.05) is 0 Å². The summed E-state index contributed by atoms with van der Waals surface area (Å²) in [5.41, 5.74) is 5.75. The maximum absolute atomic E-state index is 11.8. The Morgan fingerprint density at radius 2 is 1.94 bits per heavy atom.